The van der Waals surface area contributed by atoms with E-state index in [1.807, 2.05) is 13.2 Å². The van der Waals surface area contributed by atoms with Crippen molar-refractivity contribution in [2.24, 2.45) is 0 Å². The Kier molecular flexibility index (Phi) is 7.85. The molecule has 0 aliphatic rings. The molecule has 0 aliphatic carbocycles. The Labute approximate surface area is 85.6 Å². The van der Waals surface area contributed by atoms with Crippen molar-refractivity contribution in [1.29, 1.82) is 0 Å². The second-order valence-corrected chi connectivity index (χ2v) is 4.02. The molecule has 0 bridgehead atoms. The molecule has 0 spiro atoms. The summed E-state index contributed by atoms with van der Waals surface area (Å²) in [6.07, 6.45) is 1.65. The van der Waals surface area contributed by atoms with Crippen molar-refractivity contribution in [3.8, 4) is 0 Å². The Hall–Kier alpha value is 0.295. The van der Waals surface area contributed by atoms with Crippen molar-refractivity contribution in [2.45, 2.75) is 24.3 Å². The van der Waals surface area contributed by atoms with Crippen LogP contribution in [0.1, 0.15) is 6.92 Å². The molecule has 0 rings (SSSR count). The van der Waals surface area contributed by atoms with Gasteiger partial charge in [-0.25, -0.2) is 0 Å². The molecule has 0 aliphatic heterocycles. The highest BCUT2D eigenvalue weighted by Crippen LogP contribution is 2.12. The third-order valence-corrected chi connectivity index (χ3v) is 2.75. The van der Waals surface area contributed by atoms with Crippen molar-refractivity contribution in [3.05, 3.63) is 0 Å². The van der Waals surface area contributed by atoms with Gasteiger partial charge in [-0.2, -0.15) is 11.8 Å². The molecule has 2 radical (unpaired) electrons. The van der Waals surface area contributed by atoms with Gasteiger partial charge in [-0.3, -0.25) is 0 Å². The minimum absolute atomic E-state index is 0.0668. The smallest absolute Gasteiger partial charge is 0.110 e. The normalized spacial score (nSPS) is 18.2. The summed E-state index contributed by atoms with van der Waals surface area (Å²) in [5.74, 6) is 0. The Morgan fingerprint density at radius 2 is 2.15 bits per heavy atom. The first-order chi connectivity index (χ1) is 6.15. The van der Waals surface area contributed by atoms with Crippen LogP contribution in [0, 0.1) is 0 Å². The zero-order valence-electron chi connectivity index (χ0n) is 8.40. The van der Waals surface area contributed by atoms with E-state index in [1.54, 1.807) is 18.9 Å². The molecule has 0 saturated carbocycles. The summed E-state index contributed by atoms with van der Waals surface area (Å²) >= 11 is 1.63. The van der Waals surface area contributed by atoms with E-state index in [1.165, 1.54) is 0 Å². The van der Waals surface area contributed by atoms with Crippen molar-refractivity contribution >= 4 is 19.6 Å². The van der Waals surface area contributed by atoms with Gasteiger partial charge in [0.15, 0.2) is 0 Å². The van der Waals surface area contributed by atoms with Gasteiger partial charge in [0.25, 0.3) is 0 Å². The maximum Gasteiger partial charge on any atom is 0.110 e. The highest BCUT2D eigenvalue weighted by Gasteiger charge is 2.16. The van der Waals surface area contributed by atoms with Crippen LogP contribution in [0.5, 0.6) is 0 Å². The van der Waals surface area contributed by atoms with Gasteiger partial charge in [0.05, 0.1) is 13.2 Å². The van der Waals surface area contributed by atoms with Crippen LogP contribution < -0.4 is 0 Å². The van der Waals surface area contributed by atoms with Crippen LogP contribution in [0.15, 0.2) is 0 Å². The van der Waals surface area contributed by atoms with Crippen molar-refractivity contribution in [3.63, 3.8) is 0 Å². The second kappa shape index (κ2) is 7.68. The van der Waals surface area contributed by atoms with E-state index in [0.717, 1.165) is 0 Å². The van der Waals surface area contributed by atoms with Crippen molar-refractivity contribution < 1.29 is 14.6 Å². The average Bonchev–Trinajstić information content (AvgIpc) is 2.15. The number of rotatable bonds is 7. The molecule has 3 nitrogen and oxygen atoms in total. The van der Waals surface area contributed by atoms with E-state index in [0.29, 0.717) is 6.61 Å². The number of aliphatic hydroxyl groups excluding tert-OH is 1. The minimum Gasteiger partial charge on any atom is -0.394 e. The van der Waals surface area contributed by atoms with Gasteiger partial charge < -0.3 is 14.6 Å². The van der Waals surface area contributed by atoms with Crippen LogP contribution in [0.2, 0.25) is 0 Å². The molecule has 5 heteroatoms. The van der Waals surface area contributed by atoms with Gasteiger partial charge >= 0.3 is 0 Å². The average molecular weight is 204 g/mol. The first-order valence-corrected chi connectivity index (χ1v) is 5.48. The Morgan fingerprint density at radius 1 is 1.54 bits per heavy atom. The summed E-state index contributed by atoms with van der Waals surface area (Å²) in [4.78, 5) is 0. The predicted molar refractivity (Wildman–Crippen MR) is 56.4 cm³/mol. The van der Waals surface area contributed by atoms with E-state index in [-0.39, 0.29) is 24.0 Å². The van der Waals surface area contributed by atoms with Gasteiger partial charge in [0.2, 0.25) is 0 Å². The van der Waals surface area contributed by atoms with Gasteiger partial charge in [-0.05, 0) is 6.26 Å². The first-order valence-electron chi connectivity index (χ1n) is 4.19. The number of methoxy groups -OCH3 is 1. The molecule has 0 aromatic rings. The highest BCUT2D eigenvalue weighted by molar-refractivity contribution is 7.99. The second-order valence-electron chi connectivity index (χ2n) is 2.80. The lowest BCUT2D eigenvalue weighted by molar-refractivity contribution is -0.0436. The predicted octanol–water partition coefficient (Wildman–Crippen LogP) is 0.256. The Bertz CT molecular complexity index is 126. The Morgan fingerprint density at radius 3 is 2.54 bits per heavy atom. The maximum atomic E-state index is 8.89. The standard InChI is InChI=1S/C8H17BO3S/c1-6(13-3)8(9)12-7(4-10)5-11-2/h6-8,10H,4-5H2,1-3H3/t6?,7-,8?/m0/s1. The third kappa shape index (κ3) is 5.57. The molecule has 0 amide bonds. The lowest BCUT2D eigenvalue weighted by atomic mass is 9.97. The first kappa shape index (κ1) is 13.3. The topological polar surface area (TPSA) is 38.7 Å². The van der Waals surface area contributed by atoms with Crippen molar-refractivity contribution in [2.75, 3.05) is 26.6 Å². The number of thioether (sulfide) groups is 1. The highest BCUT2D eigenvalue weighted by atomic mass is 32.2. The molecule has 0 aromatic heterocycles. The van der Waals surface area contributed by atoms with E-state index in [4.69, 9.17) is 22.4 Å². The fraction of sp³-hybridized carbons (Fsp3) is 1.00. The van der Waals surface area contributed by atoms with E-state index in [2.05, 4.69) is 0 Å². The summed E-state index contributed by atoms with van der Waals surface area (Å²) in [6.45, 7) is 2.28. The third-order valence-electron chi connectivity index (χ3n) is 1.74. The fourth-order valence-corrected chi connectivity index (χ4v) is 1.12. The molecule has 13 heavy (non-hydrogen) atoms. The van der Waals surface area contributed by atoms with Gasteiger partial charge in [-0.1, -0.05) is 6.92 Å². The summed E-state index contributed by atoms with van der Waals surface area (Å²) in [5, 5.41) is 9.11. The largest absolute Gasteiger partial charge is 0.394 e. The summed E-state index contributed by atoms with van der Waals surface area (Å²) in [7, 11) is 7.29. The summed E-state index contributed by atoms with van der Waals surface area (Å²) in [6, 6.07) is -0.359. The van der Waals surface area contributed by atoms with E-state index < -0.39 is 0 Å². The van der Waals surface area contributed by atoms with Crippen LogP contribution in [-0.4, -0.2) is 56.9 Å². The van der Waals surface area contributed by atoms with Gasteiger partial charge in [0.1, 0.15) is 14.0 Å². The molecular weight excluding hydrogens is 187 g/mol. The van der Waals surface area contributed by atoms with Gasteiger partial charge in [-0.15, -0.1) is 0 Å². The van der Waals surface area contributed by atoms with Crippen LogP contribution in [0.4, 0.5) is 0 Å². The zero-order valence-corrected chi connectivity index (χ0v) is 9.21. The number of hydrogen-bond acceptors (Lipinski definition) is 4. The molecule has 0 fully saturated rings. The number of hydrogen-bond donors (Lipinski definition) is 1. The monoisotopic (exact) mass is 204 g/mol. The van der Waals surface area contributed by atoms with Crippen LogP contribution in [-0.2, 0) is 9.47 Å². The zero-order chi connectivity index (χ0) is 10.3. The van der Waals surface area contributed by atoms with Crippen molar-refractivity contribution in [1.82, 2.24) is 0 Å². The molecule has 76 valence electrons. The SMILES string of the molecule is [B]C(O[C@@H](CO)COC)C(C)SC. The minimum atomic E-state index is -0.359. The lowest BCUT2D eigenvalue weighted by Crippen LogP contribution is -2.34. The van der Waals surface area contributed by atoms with Crippen LogP contribution >= 0.6 is 11.8 Å². The molecule has 0 aromatic carbocycles. The molecule has 0 saturated heterocycles. The molecule has 0 heterocycles. The van der Waals surface area contributed by atoms with Crippen LogP contribution in [0.25, 0.3) is 0 Å². The number of aliphatic hydroxyl groups is 1. The molecule has 2 unspecified atom stereocenters. The molecule has 3 atom stereocenters. The van der Waals surface area contributed by atoms with E-state index >= 15 is 0 Å². The lowest BCUT2D eigenvalue weighted by Gasteiger charge is -2.24. The quantitative estimate of drug-likeness (QED) is 0.603. The molecular formula is C8H17BO3S. The molecule has 1 N–H and O–H groups in total. The fourth-order valence-electron chi connectivity index (χ4n) is 0.788. The maximum absolute atomic E-state index is 8.89. The van der Waals surface area contributed by atoms with Crippen LogP contribution in [0.3, 0.4) is 0 Å². The Balaban J connectivity index is 3.78. The van der Waals surface area contributed by atoms with Gasteiger partial charge in [0, 0.05) is 18.4 Å². The number of ether oxygens (including phenoxy) is 2. The van der Waals surface area contributed by atoms with E-state index in [9.17, 15) is 0 Å². The summed E-state index contributed by atoms with van der Waals surface area (Å²) < 4.78 is 10.2. The summed E-state index contributed by atoms with van der Waals surface area (Å²) in [5.41, 5.74) is 0.